The van der Waals surface area contributed by atoms with Crippen molar-refractivity contribution in [2.75, 3.05) is 7.11 Å². The highest BCUT2D eigenvalue weighted by molar-refractivity contribution is 5.91. The first kappa shape index (κ1) is 12.9. The summed E-state index contributed by atoms with van der Waals surface area (Å²) in [5, 5.41) is 4.97. The minimum atomic E-state index is 0.894. The van der Waals surface area contributed by atoms with E-state index in [1.165, 1.54) is 32.7 Å². The van der Waals surface area contributed by atoms with Gasteiger partial charge in [-0.3, -0.25) is 0 Å². The molecule has 0 aliphatic heterocycles. The summed E-state index contributed by atoms with van der Waals surface area (Å²) in [6, 6.07) is 27.8. The van der Waals surface area contributed by atoms with Crippen molar-refractivity contribution < 1.29 is 4.74 Å². The molecule has 4 aromatic rings. The second-order valence-corrected chi connectivity index (χ2v) is 5.49. The summed E-state index contributed by atoms with van der Waals surface area (Å²) < 4.78 is 5.29. The fourth-order valence-corrected chi connectivity index (χ4v) is 2.90. The zero-order valence-corrected chi connectivity index (χ0v) is 12.4. The second-order valence-electron chi connectivity index (χ2n) is 5.49. The zero-order chi connectivity index (χ0) is 14.9. The lowest BCUT2D eigenvalue weighted by atomic mass is 9.98. The van der Waals surface area contributed by atoms with Gasteiger partial charge in [-0.1, -0.05) is 54.6 Å². The fourth-order valence-electron chi connectivity index (χ4n) is 2.90. The maximum atomic E-state index is 5.29. The van der Waals surface area contributed by atoms with Crippen LogP contribution in [0.4, 0.5) is 0 Å². The molecule has 0 atom stereocenters. The summed E-state index contributed by atoms with van der Waals surface area (Å²) in [7, 11) is 1.70. The third-order valence-electron chi connectivity index (χ3n) is 4.13. The molecular weight excluding hydrogens is 268 g/mol. The van der Waals surface area contributed by atoms with E-state index in [0.717, 1.165) is 5.75 Å². The number of fused-ring (bicyclic) bond motifs is 2. The van der Waals surface area contributed by atoms with Crippen LogP contribution in [-0.2, 0) is 0 Å². The van der Waals surface area contributed by atoms with Crippen molar-refractivity contribution in [3.63, 3.8) is 0 Å². The van der Waals surface area contributed by atoms with E-state index < -0.39 is 0 Å². The van der Waals surface area contributed by atoms with Gasteiger partial charge < -0.3 is 4.74 Å². The molecular formula is C21H16O. The van der Waals surface area contributed by atoms with Crippen LogP contribution in [0.25, 0.3) is 32.7 Å². The van der Waals surface area contributed by atoms with Gasteiger partial charge in [-0.05, 0) is 56.9 Å². The lowest BCUT2D eigenvalue weighted by molar-refractivity contribution is 0.415. The zero-order valence-electron chi connectivity index (χ0n) is 12.4. The molecule has 4 aromatic carbocycles. The molecule has 0 heterocycles. The standard InChI is InChI=1S/C21H16O/c1-22-21-11-10-19-13-18(8-9-20(19)14-21)17-7-6-15-4-2-3-5-16(15)12-17/h2-14H,1H3. The Hall–Kier alpha value is -2.80. The maximum absolute atomic E-state index is 5.29. The molecule has 106 valence electrons. The second kappa shape index (κ2) is 5.19. The Kier molecular flexibility index (Phi) is 3.05. The SMILES string of the molecule is COc1ccc2cc(-c3ccc4ccccc4c3)ccc2c1. The normalized spacial score (nSPS) is 11.0. The van der Waals surface area contributed by atoms with E-state index >= 15 is 0 Å². The molecule has 0 amide bonds. The molecule has 1 heteroatoms. The first-order chi connectivity index (χ1) is 10.8. The van der Waals surface area contributed by atoms with Crippen LogP contribution < -0.4 is 4.74 Å². The van der Waals surface area contributed by atoms with E-state index in [-0.39, 0.29) is 0 Å². The van der Waals surface area contributed by atoms with Crippen LogP contribution in [0, 0.1) is 0 Å². The van der Waals surface area contributed by atoms with E-state index in [1.807, 2.05) is 6.07 Å². The molecule has 1 nitrogen and oxygen atoms in total. The average Bonchev–Trinajstić information content (AvgIpc) is 2.60. The molecule has 0 aromatic heterocycles. The van der Waals surface area contributed by atoms with Gasteiger partial charge in [-0.15, -0.1) is 0 Å². The summed E-state index contributed by atoms with van der Waals surface area (Å²) in [4.78, 5) is 0. The van der Waals surface area contributed by atoms with Gasteiger partial charge >= 0.3 is 0 Å². The monoisotopic (exact) mass is 284 g/mol. The molecule has 4 rings (SSSR count). The van der Waals surface area contributed by atoms with E-state index in [2.05, 4.69) is 72.8 Å². The molecule has 0 saturated heterocycles. The third kappa shape index (κ3) is 2.21. The molecule has 0 fully saturated rings. The summed E-state index contributed by atoms with van der Waals surface area (Å²) in [5.74, 6) is 0.894. The topological polar surface area (TPSA) is 9.23 Å². The summed E-state index contributed by atoms with van der Waals surface area (Å²) in [5.41, 5.74) is 2.49. The first-order valence-electron chi connectivity index (χ1n) is 7.40. The molecule has 0 aliphatic carbocycles. The van der Waals surface area contributed by atoms with Crippen molar-refractivity contribution in [3.05, 3.63) is 78.9 Å². The van der Waals surface area contributed by atoms with Crippen molar-refractivity contribution in [1.29, 1.82) is 0 Å². The van der Waals surface area contributed by atoms with Gasteiger partial charge in [0.2, 0.25) is 0 Å². The van der Waals surface area contributed by atoms with E-state index in [4.69, 9.17) is 4.74 Å². The highest BCUT2D eigenvalue weighted by Gasteiger charge is 2.02. The smallest absolute Gasteiger partial charge is 0.119 e. The molecule has 0 radical (unpaired) electrons. The first-order valence-corrected chi connectivity index (χ1v) is 7.40. The number of rotatable bonds is 2. The Bertz CT molecular complexity index is 970. The summed E-state index contributed by atoms with van der Waals surface area (Å²) in [6.45, 7) is 0. The Labute approximate surface area is 129 Å². The van der Waals surface area contributed by atoms with E-state index in [1.54, 1.807) is 7.11 Å². The Balaban J connectivity index is 1.84. The van der Waals surface area contributed by atoms with Gasteiger partial charge in [0.1, 0.15) is 5.75 Å². The molecule has 0 aliphatic rings. The van der Waals surface area contributed by atoms with Gasteiger partial charge in [-0.2, -0.15) is 0 Å². The van der Waals surface area contributed by atoms with Crippen molar-refractivity contribution in [1.82, 2.24) is 0 Å². The Morgan fingerprint density at radius 2 is 1.09 bits per heavy atom. The highest BCUT2D eigenvalue weighted by Crippen LogP contribution is 2.29. The summed E-state index contributed by atoms with van der Waals surface area (Å²) in [6.07, 6.45) is 0. The van der Waals surface area contributed by atoms with Crippen molar-refractivity contribution in [2.24, 2.45) is 0 Å². The van der Waals surface area contributed by atoms with Crippen molar-refractivity contribution in [2.45, 2.75) is 0 Å². The predicted molar refractivity (Wildman–Crippen MR) is 93.4 cm³/mol. The lowest BCUT2D eigenvalue weighted by Gasteiger charge is -2.07. The number of benzene rings is 4. The minimum Gasteiger partial charge on any atom is -0.497 e. The Morgan fingerprint density at radius 1 is 0.545 bits per heavy atom. The van der Waals surface area contributed by atoms with Crippen LogP contribution in [0.1, 0.15) is 0 Å². The van der Waals surface area contributed by atoms with Crippen LogP contribution in [0.15, 0.2) is 78.9 Å². The summed E-state index contributed by atoms with van der Waals surface area (Å²) >= 11 is 0. The van der Waals surface area contributed by atoms with Crippen molar-refractivity contribution >= 4 is 21.5 Å². The Morgan fingerprint density at radius 3 is 1.82 bits per heavy atom. The average molecular weight is 284 g/mol. The lowest BCUT2D eigenvalue weighted by Crippen LogP contribution is -1.83. The van der Waals surface area contributed by atoms with E-state index in [9.17, 15) is 0 Å². The minimum absolute atomic E-state index is 0.894. The number of ether oxygens (including phenoxy) is 1. The fraction of sp³-hybridized carbons (Fsp3) is 0.0476. The number of hydrogen-bond acceptors (Lipinski definition) is 1. The van der Waals surface area contributed by atoms with E-state index in [0.29, 0.717) is 0 Å². The van der Waals surface area contributed by atoms with Crippen LogP contribution >= 0.6 is 0 Å². The molecule has 0 saturated carbocycles. The van der Waals surface area contributed by atoms with Gasteiger partial charge in [0.25, 0.3) is 0 Å². The van der Waals surface area contributed by atoms with Crippen molar-refractivity contribution in [3.8, 4) is 16.9 Å². The molecule has 0 spiro atoms. The third-order valence-corrected chi connectivity index (χ3v) is 4.13. The van der Waals surface area contributed by atoms with Crippen LogP contribution in [0.2, 0.25) is 0 Å². The van der Waals surface area contributed by atoms with Crippen LogP contribution in [-0.4, -0.2) is 7.11 Å². The van der Waals surface area contributed by atoms with Crippen LogP contribution in [0.5, 0.6) is 5.75 Å². The highest BCUT2D eigenvalue weighted by atomic mass is 16.5. The molecule has 0 N–H and O–H groups in total. The molecule has 0 unspecified atom stereocenters. The predicted octanol–water partition coefficient (Wildman–Crippen LogP) is 5.67. The van der Waals surface area contributed by atoms with Gasteiger partial charge in [0, 0.05) is 0 Å². The molecule has 22 heavy (non-hydrogen) atoms. The number of methoxy groups -OCH3 is 1. The van der Waals surface area contributed by atoms with Crippen LogP contribution in [0.3, 0.4) is 0 Å². The molecule has 0 bridgehead atoms. The van der Waals surface area contributed by atoms with Gasteiger partial charge in [0.05, 0.1) is 7.11 Å². The maximum Gasteiger partial charge on any atom is 0.119 e. The van der Waals surface area contributed by atoms with Gasteiger partial charge in [0.15, 0.2) is 0 Å². The quantitative estimate of drug-likeness (QED) is 0.461. The largest absolute Gasteiger partial charge is 0.497 e. The number of hydrogen-bond donors (Lipinski definition) is 0. The van der Waals surface area contributed by atoms with Gasteiger partial charge in [-0.25, -0.2) is 0 Å².